The molecule has 0 bridgehead atoms. The fraction of sp³-hybridized carbons (Fsp3) is 0.529. The molecule has 20 heavy (non-hydrogen) atoms. The summed E-state index contributed by atoms with van der Waals surface area (Å²) in [4.78, 5) is 0. The number of nitrogens with one attached hydrogen (secondary N) is 1. The zero-order chi connectivity index (χ0) is 14.0. The largest absolute Gasteiger partial charge is 0.494 e. The molecule has 3 heteroatoms. The van der Waals surface area contributed by atoms with E-state index in [-0.39, 0.29) is 0 Å². The fourth-order valence-corrected chi connectivity index (χ4v) is 2.55. The highest BCUT2D eigenvalue weighted by atomic mass is 35.5. The Bertz CT molecular complexity index is 414. The lowest BCUT2D eigenvalue weighted by Gasteiger charge is -2.13. The van der Waals surface area contributed by atoms with Gasteiger partial charge < -0.3 is 10.1 Å². The summed E-state index contributed by atoms with van der Waals surface area (Å²) in [6.45, 7) is 2.85. The lowest BCUT2D eigenvalue weighted by molar-refractivity contribution is 0.308. The van der Waals surface area contributed by atoms with Crippen LogP contribution in [0, 0.1) is 0 Å². The van der Waals surface area contributed by atoms with E-state index in [0.717, 1.165) is 36.9 Å². The number of rotatable bonds is 8. The predicted octanol–water partition coefficient (Wildman–Crippen LogP) is 4.59. The van der Waals surface area contributed by atoms with Gasteiger partial charge in [-0.1, -0.05) is 23.3 Å². The van der Waals surface area contributed by atoms with Crippen molar-refractivity contribution in [2.45, 2.75) is 38.5 Å². The molecule has 0 aromatic heterocycles. The first-order valence-corrected chi connectivity index (χ1v) is 7.99. The summed E-state index contributed by atoms with van der Waals surface area (Å²) in [6.07, 6.45) is 10.00. The second kappa shape index (κ2) is 9.04. The second-order valence-electron chi connectivity index (χ2n) is 5.26. The van der Waals surface area contributed by atoms with E-state index in [2.05, 4.69) is 11.4 Å². The van der Waals surface area contributed by atoms with Gasteiger partial charge in [-0.15, -0.1) is 0 Å². The molecule has 0 radical (unpaired) electrons. The highest BCUT2D eigenvalue weighted by Crippen LogP contribution is 2.19. The number of halogens is 1. The zero-order valence-corrected chi connectivity index (χ0v) is 12.8. The van der Waals surface area contributed by atoms with E-state index in [1.807, 2.05) is 24.3 Å². The Morgan fingerprint density at radius 2 is 1.95 bits per heavy atom. The quantitative estimate of drug-likeness (QED) is 0.559. The average molecular weight is 294 g/mol. The summed E-state index contributed by atoms with van der Waals surface area (Å²) in [5, 5.41) is 4.23. The van der Waals surface area contributed by atoms with E-state index >= 15 is 0 Å². The van der Waals surface area contributed by atoms with Gasteiger partial charge in [0.05, 0.1) is 6.61 Å². The third-order valence-corrected chi connectivity index (χ3v) is 3.84. The molecule has 1 aliphatic carbocycles. The molecule has 2 nitrogen and oxygen atoms in total. The molecule has 1 aromatic rings. The Morgan fingerprint density at radius 3 is 2.70 bits per heavy atom. The van der Waals surface area contributed by atoms with Crippen LogP contribution < -0.4 is 10.1 Å². The SMILES string of the molecule is Clc1ccc(OCCCNCCC2=CCCCC2)cc1. The molecule has 0 spiro atoms. The van der Waals surface area contributed by atoms with Crippen LogP contribution in [0.5, 0.6) is 5.75 Å². The summed E-state index contributed by atoms with van der Waals surface area (Å²) in [6, 6.07) is 7.52. The zero-order valence-electron chi connectivity index (χ0n) is 12.0. The molecule has 0 heterocycles. The van der Waals surface area contributed by atoms with Crippen LogP contribution in [-0.4, -0.2) is 19.7 Å². The van der Waals surface area contributed by atoms with Gasteiger partial charge in [0.25, 0.3) is 0 Å². The van der Waals surface area contributed by atoms with Gasteiger partial charge >= 0.3 is 0 Å². The van der Waals surface area contributed by atoms with E-state index in [1.54, 1.807) is 5.57 Å². The van der Waals surface area contributed by atoms with Gasteiger partial charge in [-0.3, -0.25) is 0 Å². The molecule has 110 valence electrons. The van der Waals surface area contributed by atoms with Crippen LogP contribution in [0.25, 0.3) is 0 Å². The fourth-order valence-electron chi connectivity index (χ4n) is 2.42. The molecular formula is C17H24ClNO. The van der Waals surface area contributed by atoms with Crippen molar-refractivity contribution >= 4 is 11.6 Å². The molecule has 0 amide bonds. The molecule has 1 aromatic carbocycles. The van der Waals surface area contributed by atoms with Gasteiger partial charge in [-0.05, 0) is 75.9 Å². The smallest absolute Gasteiger partial charge is 0.119 e. The predicted molar refractivity (Wildman–Crippen MR) is 85.6 cm³/mol. The van der Waals surface area contributed by atoms with Crippen molar-refractivity contribution in [2.75, 3.05) is 19.7 Å². The first-order valence-electron chi connectivity index (χ1n) is 7.61. The molecule has 1 N–H and O–H groups in total. The minimum atomic E-state index is 0.746. The molecule has 0 unspecified atom stereocenters. The van der Waals surface area contributed by atoms with Crippen molar-refractivity contribution in [3.8, 4) is 5.75 Å². The lowest BCUT2D eigenvalue weighted by Crippen LogP contribution is -2.19. The van der Waals surface area contributed by atoms with Crippen LogP contribution in [0.4, 0.5) is 0 Å². The molecule has 0 fully saturated rings. The van der Waals surface area contributed by atoms with E-state index < -0.39 is 0 Å². The van der Waals surface area contributed by atoms with E-state index in [1.165, 1.54) is 32.1 Å². The first-order chi connectivity index (χ1) is 9.84. The highest BCUT2D eigenvalue weighted by molar-refractivity contribution is 6.30. The van der Waals surface area contributed by atoms with Crippen LogP contribution in [-0.2, 0) is 0 Å². The van der Waals surface area contributed by atoms with Gasteiger partial charge in [0.1, 0.15) is 5.75 Å². The summed E-state index contributed by atoms with van der Waals surface area (Å²) >= 11 is 5.82. The number of ether oxygens (including phenoxy) is 1. The monoisotopic (exact) mass is 293 g/mol. The van der Waals surface area contributed by atoms with E-state index in [0.29, 0.717) is 0 Å². The Hall–Kier alpha value is -0.990. The lowest BCUT2D eigenvalue weighted by atomic mass is 9.97. The summed E-state index contributed by atoms with van der Waals surface area (Å²) < 4.78 is 5.65. The first kappa shape index (κ1) is 15.4. The average Bonchev–Trinajstić information content (AvgIpc) is 2.49. The summed E-state index contributed by atoms with van der Waals surface area (Å²) in [5.41, 5.74) is 1.64. The van der Waals surface area contributed by atoms with Crippen LogP contribution in [0.1, 0.15) is 38.5 Å². The summed E-state index contributed by atoms with van der Waals surface area (Å²) in [5.74, 6) is 0.891. The van der Waals surface area contributed by atoms with Crippen LogP contribution in [0.3, 0.4) is 0 Å². The van der Waals surface area contributed by atoms with Crippen LogP contribution >= 0.6 is 11.6 Å². The minimum absolute atomic E-state index is 0.746. The molecule has 1 aliphatic rings. The molecule has 0 atom stereocenters. The standard InChI is InChI=1S/C17H24ClNO/c18-16-7-9-17(10-8-16)20-14-4-12-19-13-11-15-5-2-1-3-6-15/h5,7-10,19H,1-4,6,11-14H2. The van der Waals surface area contributed by atoms with Gasteiger partial charge in [-0.2, -0.15) is 0 Å². The van der Waals surface area contributed by atoms with Gasteiger partial charge in [0.2, 0.25) is 0 Å². The highest BCUT2D eigenvalue weighted by Gasteiger charge is 2.02. The van der Waals surface area contributed by atoms with Crippen LogP contribution in [0.2, 0.25) is 5.02 Å². The van der Waals surface area contributed by atoms with Crippen molar-refractivity contribution in [1.82, 2.24) is 5.32 Å². The van der Waals surface area contributed by atoms with Crippen molar-refractivity contribution < 1.29 is 4.74 Å². The van der Waals surface area contributed by atoms with Gasteiger partial charge in [-0.25, -0.2) is 0 Å². The molecule has 0 aliphatic heterocycles. The topological polar surface area (TPSA) is 21.3 Å². The number of allylic oxidation sites excluding steroid dienone is 1. The number of hydrogen-bond acceptors (Lipinski definition) is 2. The van der Waals surface area contributed by atoms with E-state index in [4.69, 9.17) is 16.3 Å². The number of hydrogen-bond donors (Lipinski definition) is 1. The Labute approximate surface area is 127 Å². The van der Waals surface area contributed by atoms with Gasteiger partial charge in [0.15, 0.2) is 0 Å². The normalized spacial score (nSPS) is 14.9. The van der Waals surface area contributed by atoms with Crippen molar-refractivity contribution in [3.05, 3.63) is 40.9 Å². The van der Waals surface area contributed by atoms with Crippen molar-refractivity contribution in [1.29, 1.82) is 0 Å². The Kier molecular flexibility index (Phi) is 6.96. The van der Waals surface area contributed by atoms with Crippen molar-refractivity contribution in [3.63, 3.8) is 0 Å². The maximum Gasteiger partial charge on any atom is 0.119 e. The third-order valence-electron chi connectivity index (χ3n) is 3.59. The van der Waals surface area contributed by atoms with Crippen molar-refractivity contribution in [2.24, 2.45) is 0 Å². The second-order valence-corrected chi connectivity index (χ2v) is 5.70. The summed E-state index contributed by atoms with van der Waals surface area (Å²) in [7, 11) is 0. The Morgan fingerprint density at radius 1 is 1.10 bits per heavy atom. The Balaban J connectivity index is 1.47. The number of benzene rings is 1. The molecule has 2 rings (SSSR count). The van der Waals surface area contributed by atoms with Crippen LogP contribution in [0.15, 0.2) is 35.9 Å². The third kappa shape index (κ3) is 5.98. The molecule has 0 saturated carbocycles. The maximum atomic E-state index is 5.82. The minimum Gasteiger partial charge on any atom is -0.494 e. The van der Waals surface area contributed by atoms with Gasteiger partial charge in [0, 0.05) is 5.02 Å². The van der Waals surface area contributed by atoms with E-state index in [9.17, 15) is 0 Å². The molecular weight excluding hydrogens is 270 g/mol. The maximum absolute atomic E-state index is 5.82. The molecule has 0 saturated heterocycles.